The van der Waals surface area contributed by atoms with E-state index >= 15 is 0 Å². The number of rotatable bonds is 6. The molecule has 1 aromatic rings. The first-order chi connectivity index (χ1) is 7.99. The second-order valence-electron chi connectivity index (χ2n) is 3.93. The van der Waals surface area contributed by atoms with Crippen molar-refractivity contribution in [1.29, 1.82) is 0 Å². The Kier molecular flexibility index (Phi) is 5.43. The number of sulfonamides is 1. The van der Waals surface area contributed by atoms with Gasteiger partial charge in [0.1, 0.15) is 0 Å². The molecule has 17 heavy (non-hydrogen) atoms. The fraction of sp³-hybridized carbons (Fsp3) is 0.500. The number of halogens is 1. The van der Waals surface area contributed by atoms with E-state index in [9.17, 15) is 8.42 Å². The molecule has 1 aromatic carbocycles. The number of hydrogen-bond acceptors (Lipinski definition) is 2. The molecule has 0 amide bonds. The van der Waals surface area contributed by atoms with Gasteiger partial charge in [-0.15, -0.1) is 11.6 Å². The summed E-state index contributed by atoms with van der Waals surface area (Å²) in [5.74, 6) is 0.111. The Morgan fingerprint density at radius 3 is 2.18 bits per heavy atom. The quantitative estimate of drug-likeness (QED) is 0.747. The maximum Gasteiger partial charge on any atom is 0.215 e. The van der Waals surface area contributed by atoms with Crippen LogP contribution in [-0.4, -0.2) is 31.4 Å². The van der Waals surface area contributed by atoms with E-state index in [1.54, 1.807) is 7.05 Å². The molecule has 0 spiro atoms. The first kappa shape index (κ1) is 14.5. The maximum atomic E-state index is 11.7. The van der Waals surface area contributed by atoms with E-state index in [1.807, 2.05) is 24.3 Å². The predicted octanol–water partition coefficient (Wildman–Crippen LogP) is 2.25. The third kappa shape index (κ3) is 4.30. The Labute approximate surface area is 108 Å². The highest BCUT2D eigenvalue weighted by Crippen LogP contribution is 2.10. The summed E-state index contributed by atoms with van der Waals surface area (Å²) in [6, 6.07) is 7.98. The van der Waals surface area contributed by atoms with E-state index in [0.717, 1.165) is 12.0 Å². The summed E-state index contributed by atoms with van der Waals surface area (Å²) in [7, 11) is -1.64. The third-order valence-corrected chi connectivity index (χ3v) is 4.86. The van der Waals surface area contributed by atoms with Gasteiger partial charge in [0.2, 0.25) is 10.0 Å². The van der Waals surface area contributed by atoms with Crippen LogP contribution < -0.4 is 0 Å². The van der Waals surface area contributed by atoms with E-state index in [1.165, 1.54) is 9.87 Å². The molecule has 0 aliphatic heterocycles. The lowest BCUT2D eigenvalue weighted by Gasteiger charge is -2.16. The lowest BCUT2D eigenvalue weighted by atomic mass is 10.1. The van der Waals surface area contributed by atoms with E-state index < -0.39 is 10.0 Å². The summed E-state index contributed by atoms with van der Waals surface area (Å²) >= 11 is 5.47. The smallest absolute Gasteiger partial charge is 0.212 e. The standard InChI is InChI=1S/C12H18ClNO2S/c1-3-11-4-6-12(7-5-11)10-14(2)17(15,16)9-8-13/h4-7H,3,8-10H2,1-2H3. The molecule has 0 aliphatic carbocycles. The molecular formula is C12H18ClNO2S. The molecule has 3 nitrogen and oxygen atoms in total. The van der Waals surface area contributed by atoms with Crippen molar-refractivity contribution in [2.75, 3.05) is 18.7 Å². The first-order valence-electron chi connectivity index (χ1n) is 5.57. The summed E-state index contributed by atoms with van der Waals surface area (Å²) in [4.78, 5) is 0. The summed E-state index contributed by atoms with van der Waals surface area (Å²) in [5.41, 5.74) is 2.24. The number of hydrogen-bond donors (Lipinski definition) is 0. The monoisotopic (exact) mass is 275 g/mol. The van der Waals surface area contributed by atoms with Crippen LogP contribution in [0.25, 0.3) is 0 Å². The van der Waals surface area contributed by atoms with Crippen molar-refractivity contribution in [2.45, 2.75) is 19.9 Å². The molecule has 96 valence electrons. The molecule has 0 aromatic heterocycles. The van der Waals surface area contributed by atoms with Crippen LogP contribution in [0.1, 0.15) is 18.1 Å². The van der Waals surface area contributed by atoms with Gasteiger partial charge in [0.05, 0.1) is 5.75 Å². The van der Waals surface area contributed by atoms with Crippen molar-refractivity contribution in [3.8, 4) is 0 Å². The predicted molar refractivity (Wildman–Crippen MR) is 71.8 cm³/mol. The minimum absolute atomic E-state index is 0.0158. The number of alkyl halides is 1. The van der Waals surface area contributed by atoms with Gasteiger partial charge in [-0.25, -0.2) is 12.7 Å². The van der Waals surface area contributed by atoms with Gasteiger partial charge in [-0.05, 0) is 17.5 Å². The van der Waals surface area contributed by atoms with Gasteiger partial charge in [-0.2, -0.15) is 0 Å². The molecule has 0 unspecified atom stereocenters. The summed E-state index contributed by atoms with van der Waals surface area (Å²) in [6.45, 7) is 2.48. The lowest BCUT2D eigenvalue weighted by Crippen LogP contribution is -2.29. The van der Waals surface area contributed by atoms with Gasteiger partial charge in [-0.3, -0.25) is 0 Å². The maximum absolute atomic E-state index is 11.7. The highest BCUT2D eigenvalue weighted by molar-refractivity contribution is 7.89. The van der Waals surface area contributed by atoms with Crippen molar-refractivity contribution in [1.82, 2.24) is 4.31 Å². The molecule has 0 N–H and O–H groups in total. The third-order valence-electron chi connectivity index (χ3n) is 2.65. The van der Waals surface area contributed by atoms with Gasteiger partial charge in [0.25, 0.3) is 0 Å². The zero-order valence-corrected chi connectivity index (χ0v) is 11.8. The van der Waals surface area contributed by atoms with E-state index in [2.05, 4.69) is 6.92 Å². The van der Waals surface area contributed by atoms with Crippen molar-refractivity contribution in [3.63, 3.8) is 0 Å². The molecule has 0 saturated heterocycles. The van der Waals surface area contributed by atoms with Crippen LogP contribution in [-0.2, 0) is 23.0 Å². The molecule has 0 bridgehead atoms. The highest BCUT2D eigenvalue weighted by atomic mass is 35.5. The average molecular weight is 276 g/mol. The zero-order valence-electron chi connectivity index (χ0n) is 10.2. The second kappa shape index (κ2) is 6.38. The molecule has 0 fully saturated rings. The van der Waals surface area contributed by atoms with Crippen LogP contribution >= 0.6 is 11.6 Å². The Balaban J connectivity index is 2.70. The first-order valence-corrected chi connectivity index (χ1v) is 7.71. The molecule has 0 aliphatic rings. The highest BCUT2D eigenvalue weighted by Gasteiger charge is 2.16. The number of benzene rings is 1. The van der Waals surface area contributed by atoms with E-state index in [4.69, 9.17) is 11.6 Å². The number of nitrogens with zero attached hydrogens (tertiary/aromatic N) is 1. The second-order valence-corrected chi connectivity index (χ2v) is 6.50. The van der Waals surface area contributed by atoms with Crippen LogP contribution in [0.2, 0.25) is 0 Å². The normalized spacial score (nSPS) is 12.0. The molecule has 0 atom stereocenters. The molecule has 5 heteroatoms. The fourth-order valence-electron chi connectivity index (χ4n) is 1.49. The molecule has 0 heterocycles. The zero-order chi connectivity index (χ0) is 12.9. The van der Waals surface area contributed by atoms with E-state index in [-0.39, 0.29) is 11.6 Å². The van der Waals surface area contributed by atoms with Gasteiger partial charge in [-0.1, -0.05) is 31.2 Å². The van der Waals surface area contributed by atoms with Gasteiger partial charge in [0, 0.05) is 19.5 Å². The molecule has 0 radical (unpaired) electrons. The summed E-state index contributed by atoms with van der Waals surface area (Å²) in [5, 5.41) is 0. The fourth-order valence-corrected chi connectivity index (χ4v) is 2.93. The Hall–Kier alpha value is -0.580. The van der Waals surface area contributed by atoms with Crippen molar-refractivity contribution >= 4 is 21.6 Å². The minimum Gasteiger partial charge on any atom is -0.212 e. The topological polar surface area (TPSA) is 37.4 Å². The molecular weight excluding hydrogens is 258 g/mol. The van der Waals surface area contributed by atoms with Gasteiger partial charge in [0.15, 0.2) is 0 Å². The Morgan fingerprint density at radius 2 is 1.71 bits per heavy atom. The van der Waals surface area contributed by atoms with Crippen LogP contribution in [0.5, 0.6) is 0 Å². The van der Waals surface area contributed by atoms with Gasteiger partial charge < -0.3 is 0 Å². The molecule has 0 saturated carbocycles. The molecule has 1 rings (SSSR count). The lowest BCUT2D eigenvalue weighted by molar-refractivity contribution is 0.468. The Bertz CT molecular complexity index is 442. The van der Waals surface area contributed by atoms with Gasteiger partial charge >= 0.3 is 0 Å². The van der Waals surface area contributed by atoms with Crippen LogP contribution in [0.15, 0.2) is 24.3 Å². The van der Waals surface area contributed by atoms with Crippen molar-refractivity contribution in [2.24, 2.45) is 0 Å². The van der Waals surface area contributed by atoms with E-state index in [0.29, 0.717) is 6.54 Å². The SMILES string of the molecule is CCc1ccc(CN(C)S(=O)(=O)CCCl)cc1. The van der Waals surface area contributed by atoms with Crippen LogP contribution in [0.3, 0.4) is 0 Å². The van der Waals surface area contributed by atoms with Crippen molar-refractivity contribution < 1.29 is 8.42 Å². The Morgan fingerprint density at radius 1 is 1.18 bits per heavy atom. The average Bonchev–Trinajstić information content (AvgIpc) is 2.30. The van der Waals surface area contributed by atoms with Crippen molar-refractivity contribution in [3.05, 3.63) is 35.4 Å². The largest absolute Gasteiger partial charge is 0.215 e. The number of aryl methyl sites for hydroxylation is 1. The van der Waals surface area contributed by atoms with Crippen LogP contribution in [0, 0.1) is 0 Å². The minimum atomic E-state index is -3.22. The summed E-state index contributed by atoms with van der Waals surface area (Å²) < 4.78 is 24.7. The van der Waals surface area contributed by atoms with Crippen LogP contribution in [0.4, 0.5) is 0 Å². The summed E-state index contributed by atoms with van der Waals surface area (Å²) in [6.07, 6.45) is 0.987.